The minimum atomic E-state index is -0.0279. The summed E-state index contributed by atoms with van der Waals surface area (Å²) >= 11 is 1.47. The Hall–Kier alpha value is -3.59. The van der Waals surface area contributed by atoms with E-state index in [1.165, 1.54) is 11.3 Å². The van der Waals surface area contributed by atoms with Crippen LogP contribution in [-0.4, -0.2) is 39.9 Å². The van der Waals surface area contributed by atoms with Gasteiger partial charge in [0.05, 0.1) is 24.4 Å². The van der Waals surface area contributed by atoms with Gasteiger partial charge in [-0.3, -0.25) is 4.79 Å². The number of anilines is 1. The smallest absolute Gasteiger partial charge is 0.224 e. The van der Waals surface area contributed by atoms with Crippen LogP contribution in [-0.2, 0) is 13.0 Å². The summed E-state index contributed by atoms with van der Waals surface area (Å²) in [5, 5.41) is 5.10. The number of hydrogen-bond acceptors (Lipinski definition) is 9. The lowest BCUT2D eigenvalue weighted by atomic mass is 10.1. The number of ether oxygens (including phenoxy) is 2. The normalized spacial score (nSPS) is 10.8. The number of nitrogens with one attached hydrogen (secondary N) is 1. The van der Waals surface area contributed by atoms with E-state index in [0.717, 1.165) is 21.3 Å². The largest absolute Gasteiger partial charge is 0.481 e. The fourth-order valence-electron chi connectivity index (χ4n) is 3.00. The lowest BCUT2D eigenvalue weighted by Gasteiger charge is -2.08. The van der Waals surface area contributed by atoms with E-state index in [1.54, 1.807) is 38.7 Å². The van der Waals surface area contributed by atoms with Crippen molar-refractivity contribution in [2.24, 2.45) is 0 Å². The number of thiophene rings is 1. The Kier molecular flexibility index (Phi) is 6.32. The van der Waals surface area contributed by atoms with Crippen LogP contribution < -0.4 is 14.8 Å². The molecule has 0 aliphatic carbocycles. The number of rotatable bonds is 9. The van der Waals surface area contributed by atoms with Gasteiger partial charge in [-0.05, 0) is 29.0 Å². The van der Waals surface area contributed by atoms with Crippen LogP contribution >= 0.6 is 11.3 Å². The predicted octanol–water partition coefficient (Wildman–Crippen LogP) is 3.93. The maximum Gasteiger partial charge on any atom is 0.224 e. The number of nitrogens with zero attached hydrogens (tertiary/aromatic N) is 4. The van der Waals surface area contributed by atoms with Crippen molar-refractivity contribution in [3.63, 3.8) is 0 Å². The third kappa shape index (κ3) is 4.95. The number of aromatic nitrogens is 4. The van der Waals surface area contributed by atoms with Crippen LogP contribution in [0.5, 0.6) is 11.8 Å². The molecule has 1 N–H and O–H groups in total. The molecule has 0 aromatic carbocycles. The number of methoxy groups -OCH3 is 2. The third-order valence-electron chi connectivity index (χ3n) is 4.67. The molecule has 4 heterocycles. The number of carbonyl (C=O) groups is 1. The monoisotopic (exact) mass is 435 g/mol. The molecule has 0 bridgehead atoms. The Labute approximate surface area is 183 Å². The molecule has 0 saturated carbocycles. The standard InChI is InChI=1S/C22H21N5O3S/c1-29-18-7-4-14(11-23-18)3-6-17(28)20-21-16(9-10-31-21)26-22(27-20)25-13-15-5-8-19(30-2)24-12-15/h4-5,7-12H,3,6,13H2,1-2H3,(H,25,26,27). The first-order valence-corrected chi connectivity index (χ1v) is 10.5. The molecule has 0 amide bonds. The van der Waals surface area contributed by atoms with Gasteiger partial charge in [0, 0.05) is 37.5 Å². The van der Waals surface area contributed by atoms with Gasteiger partial charge in [-0.25, -0.2) is 19.9 Å². The van der Waals surface area contributed by atoms with Gasteiger partial charge in [-0.2, -0.15) is 0 Å². The van der Waals surface area contributed by atoms with E-state index in [1.807, 2.05) is 23.6 Å². The topological polar surface area (TPSA) is 99.1 Å². The van der Waals surface area contributed by atoms with Crippen molar-refractivity contribution in [3.05, 3.63) is 64.9 Å². The number of Topliss-reactive ketones (excluding diaryl/α,β-unsaturated/α-hetero) is 1. The van der Waals surface area contributed by atoms with E-state index in [0.29, 0.717) is 42.8 Å². The number of hydrogen-bond donors (Lipinski definition) is 1. The van der Waals surface area contributed by atoms with E-state index < -0.39 is 0 Å². The number of pyridine rings is 2. The van der Waals surface area contributed by atoms with Crippen molar-refractivity contribution >= 4 is 33.3 Å². The van der Waals surface area contributed by atoms with E-state index in [4.69, 9.17) is 9.47 Å². The second-order valence-electron chi connectivity index (χ2n) is 6.73. The number of carbonyl (C=O) groups excluding carboxylic acids is 1. The molecular weight excluding hydrogens is 414 g/mol. The zero-order chi connectivity index (χ0) is 21.6. The lowest BCUT2D eigenvalue weighted by molar-refractivity contribution is 0.0980. The number of ketones is 1. The van der Waals surface area contributed by atoms with Gasteiger partial charge in [-0.1, -0.05) is 12.1 Å². The maximum absolute atomic E-state index is 13.0. The molecule has 0 atom stereocenters. The van der Waals surface area contributed by atoms with Gasteiger partial charge in [0.25, 0.3) is 0 Å². The zero-order valence-electron chi connectivity index (χ0n) is 17.2. The number of aryl methyl sites for hydroxylation is 1. The molecule has 0 unspecified atom stereocenters. The van der Waals surface area contributed by atoms with Crippen molar-refractivity contribution < 1.29 is 14.3 Å². The Morgan fingerprint density at radius 1 is 0.968 bits per heavy atom. The Morgan fingerprint density at radius 3 is 2.32 bits per heavy atom. The summed E-state index contributed by atoms with van der Waals surface area (Å²) in [6.07, 6.45) is 4.36. The van der Waals surface area contributed by atoms with Crippen molar-refractivity contribution in [1.29, 1.82) is 0 Å². The Balaban J connectivity index is 1.48. The Morgan fingerprint density at radius 2 is 1.68 bits per heavy atom. The van der Waals surface area contributed by atoms with Crippen LogP contribution in [0.15, 0.2) is 48.1 Å². The van der Waals surface area contributed by atoms with Crippen molar-refractivity contribution in [2.45, 2.75) is 19.4 Å². The van der Waals surface area contributed by atoms with E-state index >= 15 is 0 Å². The third-order valence-corrected chi connectivity index (χ3v) is 5.58. The molecule has 4 aromatic heterocycles. The highest BCUT2D eigenvalue weighted by atomic mass is 32.1. The second kappa shape index (κ2) is 9.48. The average molecular weight is 436 g/mol. The van der Waals surface area contributed by atoms with Crippen LogP contribution in [0.25, 0.3) is 10.2 Å². The van der Waals surface area contributed by atoms with Gasteiger partial charge in [0.1, 0.15) is 5.69 Å². The molecule has 4 rings (SSSR count). The summed E-state index contributed by atoms with van der Waals surface area (Å²) < 4.78 is 10.9. The average Bonchev–Trinajstić information content (AvgIpc) is 3.30. The lowest BCUT2D eigenvalue weighted by Crippen LogP contribution is -2.10. The highest BCUT2D eigenvalue weighted by molar-refractivity contribution is 7.17. The van der Waals surface area contributed by atoms with E-state index in [-0.39, 0.29) is 5.78 Å². The minimum absolute atomic E-state index is 0.0279. The van der Waals surface area contributed by atoms with E-state index in [2.05, 4.69) is 25.3 Å². The summed E-state index contributed by atoms with van der Waals surface area (Å²) in [6.45, 7) is 0.484. The van der Waals surface area contributed by atoms with E-state index in [9.17, 15) is 4.79 Å². The van der Waals surface area contributed by atoms with Crippen LogP contribution in [0.2, 0.25) is 0 Å². The molecular formula is C22H21N5O3S. The molecule has 0 fully saturated rings. The number of fused-ring (bicyclic) bond motifs is 1. The quantitative estimate of drug-likeness (QED) is 0.395. The molecule has 4 aromatic rings. The van der Waals surface area contributed by atoms with Crippen molar-refractivity contribution in [1.82, 2.24) is 19.9 Å². The van der Waals surface area contributed by atoms with Gasteiger partial charge in [-0.15, -0.1) is 11.3 Å². The highest BCUT2D eigenvalue weighted by Gasteiger charge is 2.16. The van der Waals surface area contributed by atoms with Gasteiger partial charge in [0.2, 0.25) is 17.7 Å². The van der Waals surface area contributed by atoms with Gasteiger partial charge >= 0.3 is 0 Å². The van der Waals surface area contributed by atoms with Crippen molar-refractivity contribution in [2.75, 3.05) is 19.5 Å². The summed E-state index contributed by atoms with van der Waals surface area (Å²) in [4.78, 5) is 30.4. The molecule has 0 spiro atoms. The molecule has 0 aliphatic heterocycles. The predicted molar refractivity (Wildman–Crippen MR) is 119 cm³/mol. The summed E-state index contributed by atoms with van der Waals surface area (Å²) in [5.41, 5.74) is 3.12. The van der Waals surface area contributed by atoms with Crippen molar-refractivity contribution in [3.8, 4) is 11.8 Å². The minimum Gasteiger partial charge on any atom is -0.481 e. The zero-order valence-corrected chi connectivity index (χ0v) is 18.0. The second-order valence-corrected chi connectivity index (χ2v) is 7.64. The van der Waals surface area contributed by atoms with Crippen LogP contribution in [0, 0.1) is 0 Å². The molecule has 9 heteroatoms. The Bertz CT molecular complexity index is 1180. The highest BCUT2D eigenvalue weighted by Crippen LogP contribution is 2.25. The molecule has 8 nitrogen and oxygen atoms in total. The first-order chi connectivity index (χ1) is 15.2. The first kappa shape index (κ1) is 20.7. The summed E-state index contributed by atoms with van der Waals surface area (Å²) in [7, 11) is 3.15. The van der Waals surface area contributed by atoms with Gasteiger partial charge in [0.15, 0.2) is 5.78 Å². The fraction of sp³-hybridized carbons (Fsp3) is 0.227. The molecule has 0 radical (unpaired) electrons. The SMILES string of the molecule is COc1ccc(CCC(=O)c2nc(NCc3ccc(OC)nc3)nc3ccsc23)cn1. The molecule has 0 aliphatic rings. The summed E-state index contributed by atoms with van der Waals surface area (Å²) in [6, 6.07) is 9.31. The van der Waals surface area contributed by atoms with Gasteiger partial charge < -0.3 is 14.8 Å². The van der Waals surface area contributed by atoms with Crippen LogP contribution in [0.3, 0.4) is 0 Å². The summed E-state index contributed by atoms with van der Waals surface area (Å²) in [5.74, 6) is 1.49. The van der Waals surface area contributed by atoms with Crippen LogP contribution in [0.1, 0.15) is 28.0 Å². The molecule has 158 valence electrons. The maximum atomic E-state index is 13.0. The first-order valence-electron chi connectivity index (χ1n) is 9.66. The molecule has 0 saturated heterocycles. The molecule has 31 heavy (non-hydrogen) atoms. The van der Waals surface area contributed by atoms with Crippen LogP contribution in [0.4, 0.5) is 5.95 Å². The fourth-order valence-corrected chi connectivity index (χ4v) is 3.84.